The maximum absolute atomic E-state index is 8.50. The van der Waals surface area contributed by atoms with E-state index in [1.54, 1.807) is 0 Å². The van der Waals surface area contributed by atoms with Gasteiger partial charge in [0.2, 0.25) is 0 Å². The summed E-state index contributed by atoms with van der Waals surface area (Å²) < 4.78 is 0. The van der Waals surface area contributed by atoms with E-state index < -0.39 is 0 Å². The predicted molar refractivity (Wildman–Crippen MR) is 51.1 cm³/mol. The summed E-state index contributed by atoms with van der Waals surface area (Å²) >= 11 is 0. The Kier molecular flexibility index (Phi) is 5.04. The number of hydrogen-bond donors (Lipinski definition) is 1. The van der Waals surface area contributed by atoms with Crippen LogP contribution in [0.5, 0.6) is 0 Å². The summed E-state index contributed by atoms with van der Waals surface area (Å²) in [6.45, 7) is 3.89. The molecule has 0 aromatic rings. The Hall–Kier alpha value is -0.340. The number of likely N-dealkylation sites (tertiary alicyclic amines) is 1. The molecule has 1 aliphatic heterocycles. The minimum Gasteiger partial charge on any atom is -0.392 e. The Morgan fingerprint density at radius 2 is 1.83 bits per heavy atom. The van der Waals surface area contributed by atoms with Crippen LogP contribution in [0, 0.1) is 0 Å². The van der Waals surface area contributed by atoms with E-state index in [4.69, 9.17) is 5.11 Å². The van der Waals surface area contributed by atoms with Crippen LogP contribution >= 0.6 is 0 Å². The zero-order chi connectivity index (χ0) is 8.65. The first-order valence-electron chi connectivity index (χ1n) is 4.91. The fraction of sp³-hybridized carbons (Fsp3) is 0.800. The zero-order valence-electron chi connectivity index (χ0n) is 7.71. The second-order valence-electron chi connectivity index (χ2n) is 3.34. The second kappa shape index (κ2) is 6.21. The van der Waals surface area contributed by atoms with Crippen molar-refractivity contribution in [1.29, 1.82) is 0 Å². The van der Waals surface area contributed by atoms with Crippen molar-refractivity contribution < 1.29 is 5.11 Å². The van der Waals surface area contributed by atoms with Gasteiger partial charge in [-0.15, -0.1) is 0 Å². The minimum atomic E-state index is 0.181. The van der Waals surface area contributed by atoms with E-state index >= 15 is 0 Å². The molecule has 0 atom stereocenters. The standard InChI is InChI=1S/C10H19NO/c12-10-6-2-5-9-11-7-3-1-4-8-11/h2,6,12H,1,3-5,7-10H2/b6-2-. The van der Waals surface area contributed by atoms with E-state index in [0.717, 1.165) is 13.0 Å². The number of aliphatic hydroxyl groups excluding tert-OH is 1. The van der Waals surface area contributed by atoms with Crippen molar-refractivity contribution in [3.8, 4) is 0 Å². The van der Waals surface area contributed by atoms with Crippen LogP contribution in [-0.4, -0.2) is 36.2 Å². The maximum Gasteiger partial charge on any atom is 0.0612 e. The van der Waals surface area contributed by atoms with Gasteiger partial charge in [-0.2, -0.15) is 0 Å². The lowest BCUT2D eigenvalue weighted by Crippen LogP contribution is -2.30. The van der Waals surface area contributed by atoms with Gasteiger partial charge in [0, 0.05) is 6.54 Å². The maximum atomic E-state index is 8.50. The molecule has 1 saturated heterocycles. The molecular weight excluding hydrogens is 150 g/mol. The summed E-state index contributed by atoms with van der Waals surface area (Å²) in [7, 11) is 0. The molecule has 0 bridgehead atoms. The summed E-state index contributed by atoms with van der Waals surface area (Å²) in [6.07, 6.45) is 9.11. The molecule has 0 saturated carbocycles. The third-order valence-electron chi connectivity index (χ3n) is 2.33. The predicted octanol–water partition coefficient (Wildman–Crippen LogP) is 1.41. The van der Waals surface area contributed by atoms with E-state index in [1.165, 1.54) is 32.4 Å². The summed E-state index contributed by atoms with van der Waals surface area (Å²) in [5.74, 6) is 0. The summed E-state index contributed by atoms with van der Waals surface area (Å²) in [5.41, 5.74) is 0. The van der Waals surface area contributed by atoms with Gasteiger partial charge in [0.25, 0.3) is 0 Å². The van der Waals surface area contributed by atoms with Crippen LogP contribution in [0.2, 0.25) is 0 Å². The SMILES string of the molecule is OC/C=C\CCN1CCCCC1. The summed E-state index contributed by atoms with van der Waals surface area (Å²) in [4.78, 5) is 2.51. The van der Waals surface area contributed by atoms with Crippen LogP contribution in [0.25, 0.3) is 0 Å². The first-order chi connectivity index (χ1) is 5.93. The van der Waals surface area contributed by atoms with Crippen LogP contribution in [0.15, 0.2) is 12.2 Å². The van der Waals surface area contributed by atoms with Crippen molar-refractivity contribution in [1.82, 2.24) is 4.90 Å². The molecule has 70 valence electrons. The van der Waals surface area contributed by atoms with Gasteiger partial charge in [-0.1, -0.05) is 18.6 Å². The lowest BCUT2D eigenvalue weighted by atomic mass is 10.1. The Balaban J connectivity index is 2.01. The molecule has 1 fully saturated rings. The molecule has 12 heavy (non-hydrogen) atoms. The second-order valence-corrected chi connectivity index (χ2v) is 3.34. The van der Waals surface area contributed by atoms with Gasteiger partial charge in [-0.05, 0) is 32.4 Å². The first-order valence-corrected chi connectivity index (χ1v) is 4.91. The topological polar surface area (TPSA) is 23.5 Å². The molecule has 2 heteroatoms. The Bertz CT molecular complexity index is 128. The smallest absolute Gasteiger partial charge is 0.0612 e. The summed E-state index contributed by atoms with van der Waals surface area (Å²) in [5, 5.41) is 8.50. The normalized spacial score (nSPS) is 20.4. The van der Waals surface area contributed by atoms with Crippen LogP contribution in [-0.2, 0) is 0 Å². The van der Waals surface area contributed by atoms with E-state index in [-0.39, 0.29) is 6.61 Å². The Morgan fingerprint density at radius 3 is 2.50 bits per heavy atom. The number of aliphatic hydroxyl groups is 1. The van der Waals surface area contributed by atoms with E-state index in [1.807, 2.05) is 6.08 Å². The van der Waals surface area contributed by atoms with Gasteiger partial charge in [0.15, 0.2) is 0 Å². The Labute approximate surface area is 74.9 Å². The fourth-order valence-electron chi connectivity index (χ4n) is 1.63. The van der Waals surface area contributed by atoms with Gasteiger partial charge in [0.1, 0.15) is 0 Å². The van der Waals surface area contributed by atoms with Gasteiger partial charge in [-0.25, -0.2) is 0 Å². The Morgan fingerprint density at radius 1 is 1.08 bits per heavy atom. The fourth-order valence-corrected chi connectivity index (χ4v) is 1.63. The lowest BCUT2D eigenvalue weighted by Gasteiger charge is -2.25. The molecule has 0 unspecified atom stereocenters. The van der Waals surface area contributed by atoms with E-state index in [0.29, 0.717) is 0 Å². The van der Waals surface area contributed by atoms with Crippen molar-refractivity contribution >= 4 is 0 Å². The zero-order valence-corrected chi connectivity index (χ0v) is 7.71. The average Bonchev–Trinajstić information content (AvgIpc) is 2.14. The number of piperidine rings is 1. The molecule has 0 aliphatic carbocycles. The molecule has 1 heterocycles. The van der Waals surface area contributed by atoms with Gasteiger partial charge < -0.3 is 10.0 Å². The molecule has 1 rings (SSSR count). The highest BCUT2D eigenvalue weighted by molar-refractivity contribution is 4.82. The first kappa shape index (κ1) is 9.75. The van der Waals surface area contributed by atoms with Crippen LogP contribution in [0.3, 0.4) is 0 Å². The number of rotatable bonds is 4. The van der Waals surface area contributed by atoms with Crippen molar-refractivity contribution in [2.75, 3.05) is 26.2 Å². The highest BCUT2D eigenvalue weighted by Crippen LogP contribution is 2.08. The van der Waals surface area contributed by atoms with Gasteiger partial charge in [-0.3, -0.25) is 0 Å². The number of nitrogens with zero attached hydrogens (tertiary/aromatic N) is 1. The largest absolute Gasteiger partial charge is 0.392 e. The van der Waals surface area contributed by atoms with Crippen LogP contribution in [0.1, 0.15) is 25.7 Å². The van der Waals surface area contributed by atoms with Crippen molar-refractivity contribution in [3.63, 3.8) is 0 Å². The quantitative estimate of drug-likeness (QED) is 0.643. The molecule has 0 aromatic heterocycles. The molecule has 2 nitrogen and oxygen atoms in total. The van der Waals surface area contributed by atoms with Gasteiger partial charge >= 0.3 is 0 Å². The average molecular weight is 169 g/mol. The number of hydrogen-bond acceptors (Lipinski definition) is 2. The molecule has 1 N–H and O–H groups in total. The lowest BCUT2D eigenvalue weighted by molar-refractivity contribution is 0.232. The van der Waals surface area contributed by atoms with E-state index in [2.05, 4.69) is 11.0 Å². The van der Waals surface area contributed by atoms with Crippen molar-refractivity contribution in [2.24, 2.45) is 0 Å². The highest BCUT2D eigenvalue weighted by atomic mass is 16.2. The van der Waals surface area contributed by atoms with Crippen molar-refractivity contribution in [3.05, 3.63) is 12.2 Å². The molecule has 0 radical (unpaired) electrons. The molecular formula is C10H19NO. The highest BCUT2D eigenvalue weighted by Gasteiger charge is 2.07. The third kappa shape index (κ3) is 3.88. The molecule has 0 aromatic carbocycles. The van der Waals surface area contributed by atoms with E-state index in [9.17, 15) is 0 Å². The molecule has 0 spiro atoms. The molecule has 0 amide bonds. The van der Waals surface area contributed by atoms with Gasteiger partial charge in [0.05, 0.1) is 6.61 Å². The molecule has 1 aliphatic rings. The third-order valence-corrected chi connectivity index (χ3v) is 2.33. The van der Waals surface area contributed by atoms with Crippen LogP contribution < -0.4 is 0 Å². The summed E-state index contributed by atoms with van der Waals surface area (Å²) in [6, 6.07) is 0. The van der Waals surface area contributed by atoms with Crippen molar-refractivity contribution in [2.45, 2.75) is 25.7 Å². The van der Waals surface area contributed by atoms with Crippen LogP contribution in [0.4, 0.5) is 0 Å². The minimum absolute atomic E-state index is 0.181. The monoisotopic (exact) mass is 169 g/mol.